The molecule has 0 aliphatic rings. The van der Waals surface area contributed by atoms with Crippen LogP contribution in [-0.4, -0.2) is 58.7 Å². The first kappa shape index (κ1) is 29.5. The summed E-state index contributed by atoms with van der Waals surface area (Å²) in [5.74, 6) is -72.6. The molecule has 0 spiro atoms. The van der Waals surface area contributed by atoms with E-state index in [0.29, 0.717) is 0 Å². The van der Waals surface area contributed by atoms with Gasteiger partial charge < -0.3 is 9.90 Å². The monoisotopic (exact) mass is 529 g/mol. The lowest BCUT2D eigenvalue weighted by molar-refractivity contribution is -0.460. The lowest BCUT2D eigenvalue weighted by Gasteiger charge is -2.44. The van der Waals surface area contributed by atoms with E-state index in [2.05, 4.69) is 11.6 Å². The third-order valence-corrected chi connectivity index (χ3v) is 3.61. The summed E-state index contributed by atoms with van der Waals surface area (Å²) in [6.07, 6.45) is 0. The van der Waals surface area contributed by atoms with Gasteiger partial charge in [-0.3, -0.25) is 0 Å². The van der Waals surface area contributed by atoms with Gasteiger partial charge in [-0.2, -0.15) is 79.0 Å². The van der Waals surface area contributed by atoms with Gasteiger partial charge in [0.15, 0.2) is 0 Å². The number of carbonyl (C=O) groups excluding carboxylic acids is 1. The summed E-state index contributed by atoms with van der Waals surface area (Å²) in [7, 11) is 0. The second-order valence-electron chi connectivity index (χ2n) is 5.38. The molecular formula is C10ClF18O2-. The zero-order valence-corrected chi connectivity index (χ0v) is 13.8. The molecule has 0 heterocycles. The molecule has 0 aromatic rings. The number of halogens is 19. The maximum Gasteiger partial charge on any atom is 0.393 e. The van der Waals surface area contributed by atoms with Gasteiger partial charge in [0.25, 0.3) is 0 Å². The van der Waals surface area contributed by atoms with Crippen LogP contribution in [0.15, 0.2) is 0 Å². The number of aliphatic carboxylic acids is 1. The summed E-state index contributed by atoms with van der Waals surface area (Å²) in [6, 6.07) is 0. The molecule has 0 aromatic carbocycles. The van der Waals surface area contributed by atoms with Crippen molar-refractivity contribution < 1.29 is 88.9 Å². The minimum Gasteiger partial charge on any atom is -0.544 e. The van der Waals surface area contributed by atoms with Crippen molar-refractivity contribution in [2.24, 2.45) is 0 Å². The Hall–Kier alpha value is -1.50. The number of carboxylic acids is 1. The van der Waals surface area contributed by atoms with Crippen molar-refractivity contribution in [2.75, 3.05) is 0 Å². The molecule has 0 aliphatic carbocycles. The van der Waals surface area contributed by atoms with Gasteiger partial charge in [0.05, 0.1) is 0 Å². The molecule has 186 valence electrons. The minimum absolute atomic E-state index is 3.27. The summed E-state index contributed by atoms with van der Waals surface area (Å²) in [5.41, 5.74) is 0. The molecule has 0 atom stereocenters. The van der Waals surface area contributed by atoms with Gasteiger partial charge in [-0.05, 0) is 11.6 Å². The zero-order valence-electron chi connectivity index (χ0n) is 13.0. The predicted molar refractivity (Wildman–Crippen MR) is 55.4 cm³/mol. The van der Waals surface area contributed by atoms with E-state index in [9.17, 15) is 88.9 Å². The summed E-state index contributed by atoms with van der Waals surface area (Å²) >= 11 is 3.27. The van der Waals surface area contributed by atoms with Crippen molar-refractivity contribution >= 4 is 17.6 Å². The Morgan fingerprint density at radius 3 is 0.839 bits per heavy atom. The van der Waals surface area contributed by atoms with Crippen molar-refractivity contribution in [2.45, 2.75) is 52.8 Å². The highest BCUT2D eigenvalue weighted by atomic mass is 35.5. The number of alkyl halides is 19. The fraction of sp³-hybridized carbons (Fsp3) is 0.900. The van der Waals surface area contributed by atoms with E-state index in [-0.39, 0.29) is 0 Å². The smallest absolute Gasteiger partial charge is 0.393 e. The van der Waals surface area contributed by atoms with Crippen LogP contribution in [0.3, 0.4) is 0 Å². The van der Waals surface area contributed by atoms with Crippen LogP contribution in [-0.2, 0) is 4.79 Å². The maximum absolute atomic E-state index is 13.2. The lowest BCUT2D eigenvalue weighted by atomic mass is 9.87. The molecule has 0 saturated carbocycles. The Balaban J connectivity index is 6.95. The van der Waals surface area contributed by atoms with Gasteiger partial charge in [0.1, 0.15) is 5.97 Å². The molecule has 31 heavy (non-hydrogen) atoms. The van der Waals surface area contributed by atoms with E-state index in [0.717, 1.165) is 0 Å². The van der Waals surface area contributed by atoms with Crippen molar-refractivity contribution in [1.82, 2.24) is 0 Å². The van der Waals surface area contributed by atoms with Crippen LogP contribution >= 0.6 is 11.6 Å². The fourth-order valence-corrected chi connectivity index (χ4v) is 1.61. The van der Waals surface area contributed by atoms with Crippen LogP contribution in [0, 0.1) is 0 Å². The molecule has 0 saturated heterocycles. The summed E-state index contributed by atoms with van der Waals surface area (Å²) in [4.78, 5) is 9.72. The van der Waals surface area contributed by atoms with E-state index >= 15 is 0 Å². The number of rotatable bonds is 9. The van der Waals surface area contributed by atoms with Gasteiger partial charge in [0.2, 0.25) is 0 Å². The first-order valence-electron chi connectivity index (χ1n) is 6.25. The standard InChI is InChI=1S/C10HClF18O2/c11-10(28,29)9(26,27)8(24,25)7(22,23)6(20,21)5(18,19)4(16,17)3(14,15)2(12,13)1(30)31/h(H,30,31)/p-1. The molecule has 0 radical (unpaired) electrons. The normalized spacial score (nSPS) is 16.5. The van der Waals surface area contributed by atoms with E-state index in [1.807, 2.05) is 0 Å². The highest BCUT2D eigenvalue weighted by Crippen LogP contribution is 2.65. The largest absolute Gasteiger partial charge is 0.544 e. The zero-order chi connectivity index (χ0) is 26.1. The van der Waals surface area contributed by atoms with E-state index in [4.69, 9.17) is 0 Å². The topological polar surface area (TPSA) is 40.1 Å². The Morgan fingerprint density at radius 1 is 0.452 bits per heavy atom. The van der Waals surface area contributed by atoms with Crippen LogP contribution in [0.2, 0.25) is 0 Å². The van der Waals surface area contributed by atoms with Gasteiger partial charge >= 0.3 is 52.8 Å². The molecular weight excluding hydrogens is 530 g/mol. The summed E-state index contributed by atoms with van der Waals surface area (Å²) in [6.45, 7) is 0. The van der Waals surface area contributed by atoms with Gasteiger partial charge in [-0.25, -0.2) is 0 Å². The average molecular weight is 530 g/mol. The van der Waals surface area contributed by atoms with Crippen LogP contribution in [0.4, 0.5) is 79.0 Å². The molecule has 21 heteroatoms. The number of carbonyl (C=O) groups is 1. The SMILES string of the molecule is O=C([O-])C(F)(F)C(F)(F)C(F)(F)C(F)(F)C(F)(F)C(F)(F)C(F)(F)C(F)(F)C(F)(F)Cl. The molecule has 0 aromatic heterocycles. The van der Waals surface area contributed by atoms with Gasteiger partial charge in [-0.15, -0.1) is 0 Å². The molecule has 0 N–H and O–H groups in total. The second-order valence-corrected chi connectivity index (χ2v) is 5.86. The van der Waals surface area contributed by atoms with E-state index in [1.54, 1.807) is 0 Å². The molecule has 0 amide bonds. The third-order valence-electron chi connectivity index (χ3n) is 3.37. The Bertz CT molecular complexity index is 707. The highest BCUT2D eigenvalue weighted by molar-refractivity contribution is 6.22. The van der Waals surface area contributed by atoms with Crippen molar-refractivity contribution in [1.29, 1.82) is 0 Å². The number of carboxylic acid groups (broad SMARTS) is 1. The van der Waals surface area contributed by atoms with Crippen molar-refractivity contribution in [3.63, 3.8) is 0 Å². The Labute approximate surface area is 160 Å². The molecule has 2 nitrogen and oxygen atoms in total. The van der Waals surface area contributed by atoms with E-state index < -0.39 is 58.7 Å². The molecule has 0 rings (SSSR count). The van der Waals surface area contributed by atoms with Crippen LogP contribution in [0.5, 0.6) is 0 Å². The molecule has 0 fully saturated rings. The quantitative estimate of drug-likeness (QED) is 0.322. The molecule has 0 aliphatic heterocycles. The average Bonchev–Trinajstić information content (AvgIpc) is 2.52. The first-order valence-corrected chi connectivity index (χ1v) is 6.63. The maximum atomic E-state index is 13.2. The van der Waals surface area contributed by atoms with Gasteiger partial charge in [0, 0.05) is 0 Å². The van der Waals surface area contributed by atoms with Crippen molar-refractivity contribution in [3.05, 3.63) is 0 Å². The van der Waals surface area contributed by atoms with Crippen LogP contribution in [0.25, 0.3) is 0 Å². The minimum atomic E-state index is -8.97. The van der Waals surface area contributed by atoms with Crippen LogP contribution in [0.1, 0.15) is 0 Å². The van der Waals surface area contributed by atoms with Crippen molar-refractivity contribution in [3.8, 4) is 0 Å². The first-order chi connectivity index (χ1) is 12.9. The molecule has 0 bridgehead atoms. The summed E-state index contributed by atoms with van der Waals surface area (Å²) in [5, 5.41) is 2.73. The highest BCUT2D eigenvalue weighted by Gasteiger charge is 2.96. The second kappa shape index (κ2) is 7.00. The lowest BCUT2D eigenvalue weighted by Crippen LogP contribution is -2.76. The van der Waals surface area contributed by atoms with Gasteiger partial charge in [-0.1, -0.05) is 0 Å². The summed E-state index contributed by atoms with van der Waals surface area (Å²) < 4.78 is 232. The van der Waals surface area contributed by atoms with Crippen LogP contribution < -0.4 is 5.11 Å². The Kier molecular flexibility index (Phi) is 6.66. The third kappa shape index (κ3) is 3.42. The molecule has 0 unspecified atom stereocenters. The Morgan fingerprint density at radius 2 is 0.645 bits per heavy atom. The van der Waals surface area contributed by atoms with E-state index in [1.165, 1.54) is 0 Å². The fourth-order valence-electron chi connectivity index (χ4n) is 1.49. The number of hydrogen-bond donors (Lipinski definition) is 0. The number of hydrogen-bond acceptors (Lipinski definition) is 2. The predicted octanol–water partition coefficient (Wildman–Crippen LogP) is 4.65.